The van der Waals surface area contributed by atoms with Crippen LogP contribution < -0.4 is 5.32 Å². The zero-order chi connectivity index (χ0) is 15.4. The molecule has 2 rings (SSSR count). The third kappa shape index (κ3) is 3.73. The second kappa shape index (κ2) is 6.89. The smallest absolute Gasteiger partial charge is 0.274 e. The number of nitro benzene ring substituents is 1. The molecule has 1 saturated heterocycles. The van der Waals surface area contributed by atoms with Crippen LogP contribution in [0.2, 0.25) is 0 Å². The third-order valence-electron chi connectivity index (χ3n) is 4.58. The molecule has 2 atom stereocenters. The lowest BCUT2D eigenvalue weighted by Gasteiger charge is -2.36. The SMILES string of the molecule is CCN1CCCC(C(C)Nc2cccc([N+](=O)[O-])c2C)C1. The zero-order valence-electron chi connectivity index (χ0n) is 13.1. The number of benzene rings is 1. The largest absolute Gasteiger partial charge is 0.382 e. The van der Waals surface area contributed by atoms with E-state index in [-0.39, 0.29) is 10.6 Å². The van der Waals surface area contributed by atoms with Gasteiger partial charge in [0.15, 0.2) is 0 Å². The quantitative estimate of drug-likeness (QED) is 0.667. The molecule has 1 aromatic carbocycles. The molecule has 5 heteroatoms. The zero-order valence-corrected chi connectivity index (χ0v) is 13.1. The highest BCUT2D eigenvalue weighted by molar-refractivity contribution is 5.60. The monoisotopic (exact) mass is 291 g/mol. The molecule has 2 unspecified atom stereocenters. The summed E-state index contributed by atoms with van der Waals surface area (Å²) in [6, 6.07) is 5.56. The van der Waals surface area contributed by atoms with E-state index in [1.807, 2.05) is 13.0 Å². The molecule has 5 nitrogen and oxygen atoms in total. The van der Waals surface area contributed by atoms with Crippen LogP contribution in [0.3, 0.4) is 0 Å². The van der Waals surface area contributed by atoms with E-state index in [9.17, 15) is 10.1 Å². The van der Waals surface area contributed by atoms with Gasteiger partial charge in [-0.1, -0.05) is 13.0 Å². The lowest BCUT2D eigenvalue weighted by Crippen LogP contribution is -2.41. The van der Waals surface area contributed by atoms with Crippen molar-refractivity contribution < 1.29 is 4.92 Å². The van der Waals surface area contributed by atoms with Crippen molar-refractivity contribution in [3.8, 4) is 0 Å². The van der Waals surface area contributed by atoms with Crippen LogP contribution in [0.15, 0.2) is 18.2 Å². The Morgan fingerprint density at radius 1 is 1.52 bits per heavy atom. The Balaban J connectivity index is 2.07. The first-order chi connectivity index (χ1) is 10.0. The predicted octanol–water partition coefficient (Wildman–Crippen LogP) is 3.44. The maximum absolute atomic E-state index is 11.0. The fourth-order valence-corrected chi connectivity index (χ4v) is 3.13. The van der Waals surface area contributed by atoms with Crippen LogP contribution in [0.1, 0.15) is 32.3 Å². The summed E-state index contributed by atoms with van der Waals surface area (Å²) in [5.41, 5.74) is 1.79. The van der Waals surface area contributed by atoms with E-state index in [2.05, 4.69) is 24.1 Å². The summed E-state index contributed by atoms with van der Waals surface area (Å²) in [5, 5.41) is 14.5. The van der Waals surface area contributed by atoms with Crippen molar-refractivity contribution in [2.24, 2.45) is 5.92 Å². The number of rotatable bonds is 5. The number of anilines is 1. The minimum Gasteiger partial charge on any atom is -0.382 e. The molecule has 1 fully saturated rings. The van der Waals surface area contributed by atoms with Gasteiger partial charge in [-0.25, -0.2) is 0 Å². The van der Waals surface area contributed by atoms with Gasteiger partial charge < -0.3 is 10.2 Å². The molecule has 0 radical (unpaired) electrons. The Labute approximate surface area is 126 Å². The number of hydrogen-bond donors (Lipinski definition) is 1. The summed E-state index contributed by atoms with van der Waals surface area (Å²) in [4.78, 5) is 13.2. The van der Waals surface area contributed by atoms with E-state index >= 15 is 0 Å². The van der Waals surface area contributed by atoms with Crippen LogP contribution in [-0.2, 0) is 0 Å². The number of nitro groups is 1. The molecular weight excluding hydrogens is 266 g/mol. The summed E-state index contributed by atoms with van der Waals surface area (Å²) in [6.45, 7) is 9.59. The Kier molecular flexibility index (Phi) is 5.17. The van der Waals surface area contributed by atoms with E-state index in [4.69, 9.17) is 0 Å². The van der Waals surface area contributed by atoms with Gasteiger partial charge in [0.25, 0.3) is 5.69 Å². The van der Waals surface area contributed by atoms with Crippen molar-refractivity contribution in [2.45, 2.75) is 39.7 Å². The van der Waals surface area contributed by atoms with Crippen molar-refractivity contribution in [1.82, 2.24) is 4.90 Å². The van der Waals surface area contributed by atoms with Crippen molar-refractivity contribution in [3.63, 3.8) is 0 Å². The Bertz CT molecular complexity index is 504. The van der Waals surface area contributed by atoms with E-state index in [0.29, 0.717) is 12.0 Å². The molecule has 1 N–H and O–H groups in total. The van der Waals surface area contributed by atoms with Crippen LogP contribution in [0.5, 0.6) is 0 Å². The van der Waals surface area contributed by atoms with Crippen molar-refractivity contribution in [1.29, 1.82) is 0 Å². The van der Waals surface area contributed by atoms with Crippen LogP contribution in [0.4, 0.5) is 11.4 Å². The summed E-state index contributed by atoms with van der Waals surface area (Å²) < 4.78 is 0. The average Bonchev–Trinajstić information content (AvgIpc) is 2.49. The number of nitrogens with zero attached hydrogens (tertiary/aromatic N) is 2. The molecule has 21 heavy (non-hydrogen) atoms. The first kappa shape index (κ1) is 15.8. The molecule has 0 amide bonds. The molecule has 116 valence electrons. The molecule has 0 spiro atoms. The van der Waals surface area contributed by atoms with E-state index < -0.39 is 0 Å². The predicted molar refractivity (Wildman–Crippen MR) is 85.8 cm³/mol. The summed E-state index contributed by atoms with van der Waals surface area (Å²) in [5.74, 6) is 0.595. The van der Waals surface area contributed by atoms with Crippen molar-refractivity contribution in [2.75, 3.05) is 25.0 Å². The molecule has 0 bridgehead atoms. The molecule has 0 aliphatic carbocycles. The number of nitrogens with one attached hydrogen (secondary N) is 1. The highest BCUT2D eigenvalue weighted by Crippen LogP contribution is 2.28. The lowest BCUT2D eigenvalue weighted by atomic mass is 9.91. The Morgan fingerprint density at radius 3 is 2.95 bits per heavy atom. The standard InChI is InChI=1S/C16H25N3O2/c1-4-18-10-6-7-14(11-18)13(3)17-15-8-5-9-16(12(15)2)19(20)21/h5,8-9,13-14,17H,4,6-7,10-11H2,1-3H3. The van der Waals surface area contributed by atoms with Crippen molar-refractivity contribution in [3.05, 3.63) is 33.9 Å². The highest BCUT2D eigenvalue weighted by atomic mass is 16.6. The molecule has 1 heterocycles. The van der Waals surface area contributed by atoms with E-state index in [1.54, 1.807) is 12.1 Å². The minimum absolute atomic E-state index is 0.186. The second-order valence-corrected chi connectivity index (χ2v) is 5.94. The highest BCUT2D eigenvalue weighted by Gasteiger charge is 2.24. The van der Waals surface area contributed by atoms with E-state index in [0.717, 1.165) is 24.3 Å². The number of piperidine rings is 1. The maximum Gasteiger partial charge on any atom is 0.274 e. The van der Waals surface area contributed by atoms with Gasteiger partial charge in [0, 0.05) is 29.9 Å². The van der Waals surface area contributed by atoms with Gasteiger partial charge in [0.05, 0.1) is 4.92 Å². The van der Waals surface area contributed by atoms with Gasteiger partial charge in [-0.15, -0.1) is 0 Å². The molecule has 0 saturated carbocycles. The van der Waals surface area contributed by atoms with Crippen LogP contribution in [0.25, 0.3) is 0 Å². The second-order valence-electron chi connectivity index (χ2n) is 5.94. The molecule has 1 aliphatic heterocycles. The summed E-state index contributed by atoms with van der Waals surface area (Å²) >= 11 is 0. The maximum atomic E-state index is 11.0. The number of likely N-dealkylation sites (tertiary alicyclic amines) is 1. The van der Waals surface area contributed by atoms with Gasteiger partial charge in [-0.05, 0) is 51.8 Å². The molecule has 0 aromatic heterocycles. The molecular formula is C16H25N3O2. The van der Waals surface area contributed by atoms with Crippen LogP contribution in [0, 0.1) is 23.0 Å². The van der Waals surface area contributed by atoms with Gasteiger partial charge in [-0.3, -0.25) is 10.1 Å². The summed E-state index contributed by atoms with van der Waals surface area (Å²) in [7, 11) is 0. The van der Waals surface area contributed by atoms with Gasteiger partial charge in [0.2, 0.25) is 0 Å². The topological polar surface area (TPSA) is 58.4 Å². The average molecular weight is 291 g/mol. The fraction of sp³-hybridized carbons (Fsp3) is 0.625. The lowest BCUT2D eigenvalue weighted by molar-refractivity contribution is -0.385. The molecule has 1 aromatic rings. The van der Waals surface area contributed by atoms with Crippen LogP contribution >= 0.6 is 0 Å². The Morgan fingerprint density at radius 2 is 2.29 bits per heavy atom. The van der Waals surface area contributed by atoms with E-state index in [1.165, 1.54) is 19.4 Å². The fourth-order valence-electron chi connectivity index (χ4n) is 3.13. The first-order valence-corrected chi connectivity index (χ1v) is 7.75. The normalized spacial score (nSPS) is 21.0. The van der Waals surface area contributed by atoms with Crippen molar-refractivity contribution >= 4 is 11.4 Å². The van der Waals surface area contributed by atoms with Gasteiger partial charge >= 0.3 is 0 Å². The van der Waals surface area contributed by atoms with Crippen LogP contribution in [-0.4, -0.2) is 35.5 Å². The van der Waals surface area contributed by atoms with Gasteiger partial charge in [0.1, 0.15) is 0 Å². The number of hydrogen-bond acceptors (Lipinski definition) is 4. The first-order valence-electron chi connectivity index (χ1n) is 7.75. The Hall–Kier alpha value is -1.62. The van der Waals surface area contributed by atoms with Gasteiger partial charge in [-0.2, -0.15) is 0 Å². The third-order valence-corrected chi connectivity index (χ3v) is 4.58. The summed E-state index contributed by atoms with van der Waals surface area (Å²) in [6.07, 6.45) is 2.46. The molecule has 1 aliphatic rings. The minimum atomic E-state index is -0.315.